The second kappa shape index (κ2) is 7.43. The lowest BCUT2D eigenvalue weighted by atomic mass is 10.2. The molecular weight excluding hydrogens is 305 g/mol. The van der Waals surface area contributed by atoms with Crippen molar-refractivity contribution < 1.29 is 4.79 Å². The zero-order chi connectivity index (χ0) is 11.7. The summed E-state index contributed by atoms with van der Waals surface area (Å²) in [5.41, 5.74) is 1.22. The number of aromatic nitrogens is 1. The molecular formula is C12H19Cl2N3OS. The Bertz CT molecular complexity index is 417. The normalized spacial score (nSPS) is 21.4. The van der Waals surface area contributed by atoms with Crippen LogP contribution < -0.4 is 10.6 Å². The van der Waals surface area contributed by atoms with Crippen LogP contribution in [0.2, 0.25) is 0 Å². The molecule has 1 saturated heterocycles. The molecule has 1 aliphatic carbocycles. The lowest BCUT2D eigenvalue weighted by molar-refractivity contribution is -0.122. The third-order valence-corrected chi connectivity index (χ3v) is 4.22. The van der Waals surface area contributed by atoms with E-state index in [0.29, 0.717) is 12.5 Å². The van der Waals surface area contributed by atoms with Gasteiger partial charge in [0.25, 0.3) is 0 Å². The minimum absolute atomic E-state index is 0. The van der Waals surface area contributed by atoms with Gasteiger partial charge in [-0.25, -0.2) is 4.98 Å². The van der Waals surface area contributed by atoms with Gasteiger partial charge in [0.2, 0.25) is 5.91 Å². The molecule has 108 valence electrons. The molecule has 0 aromatic carbocycles. The van der Waals surface area contributed by atoms with Gasteiger partial charge in [0.05, 0.1) is 18.3 Å². The average molecular weight is 324 g/mol. The van der Waals surface area contributed by atoms with Crippen LogP contribution in [0.3, 0.4) is 0 Å². The van der Waals surface area contributed by atoms with Gasteiger partial charge in [0.1, 0.15) is 5.01 Å². The molecule has 1 aromatic rings. The number of nitrogens with zero attached hydrogens (tertiary/aromatic N) is 1. The van der Waals surface area contributed by atoms with Crippen LogP contribution in [-0.4, -0.2) is 23.5 Å². The first-order valence-electron chi connectivity index (χ1n) is 6.28. The number of carbonyl (C=O) groups excluding carboxylic acids is 1. The molecule has 4 nitrogen and oxygen atoms in total. The number of rotatable bonds is 4. The van der Waals surface area contributed by atoms with Crippen molar-refractivity contribution in [1.82, 2.24) is 15.6 Å². The van der Waals surface area contributed by atoms with E-state index >= 15 is 0 Å². The van der Waals surface area contributed by atoms with Gasteiger partial charge in [0.15, 0.2) is 0 Å². The fourth-order valence-corrected chi connectivity index (χ4v) is 2.98. The molecule has 2 N–H and O–H groups in total. The summed E-state index contributed by atoms with van der Waals surface area (Å²) in [6, 6.07) is 0.0119. The number of hydrogen-bond acceptors (Lipinski definition) is 4. The average Bonchev–Trinajstić information content (AvgIpc) is 2.88. The Balaban J connectivity index is 0.000000902. The maximum atomic E-state index is 11.8. The number of hydrogen-bond donors (Lipinski definition) is 2. The Labute approximate surface area is 129 Å². The molecule has 1 atom stereocenters. The zero-order valence-corrected chi connectivity index (χ0v) is 13.0. The van der Waals surface area contributed by atoms with Gasteiger partial charge in [0, 0.05) is 11.3 Å². The largest absolute Gasteiger partial charge is 0.348 e. The summed E-state index contributed by atoms with van der Waals surface area (Å²) in [4.78, 5) is 16.3. The van der Waals surface area contributed by atoms with Crippen LogP contribution in [0.5, 0.6) is 0 Å². The molecule has 0 radical (unpaired) electrons. The van der Waals surface area contributed by atoms with Gasteiger partial charge in [-0.3, -0.25) is 4.79 Å². The molecule has 0 spiro atoms. The molecule has 2 heterocycles. The number of amides is 1. The van der Waals surface area contributed by atoms with Crippen molar-refractivity contribution in [3.63, 3.8) is 0 Å². The minimum Gasteiger partial charge on any atom is -0.348 e. The fourth-order valence-electron chi connectivity index (χ4n) is 2.17. The van der Waals surface area contributed by atoms with E-state index in [2.05, 4.69) is 21.0 Å². The first-order valence-corrected chi connectivity index (χ1v) is 7.16. The molecule has 2 fully saturated rings. The van der Waals surface area contributed by atoms with Gasteiger partial charge >= 0.3 is 0 Å². The molecule has 1 aliphatic heterocycles. The van der Waals surface area contributed by atoms with E-state index in [0.717, 1.165) is 24.4 Å². The Morgan fingerprint density at radius 3 is 2.84 bits per heavy atom. The van der Waals surface area contributed by atoms with E-state index in [1.165, 1.54) is 18.5 Å². The first-order chi connectivity index (χ1) is 8.33. The topological polar surface area (TPSA) is 54.0 Å². The molecule has 1 saturated carbocycles. The Hall–Kier alpha value is -0.360. The van der Waals surface area contributed by atoms with Gasteiger partial charge in [-0.05, 0) is 32.2 Å². The summed E-state index contributed by atoms with van der Waals surface area (Å²) in [6.45, 7) is 1.54. The lowest BCUT2D eigenvalue weighted by Gasteiger charge is -2.09. The summed E-state index contributed by atoms with van der Waals surface area (Å²) >= 11 is 1.66. The maximum Gasteiger partial charge on any atom is 0.237 e. The third-order valence-electron chi connectivity index (χ3n) is 3.36. The summed E-state index contributed by atoms with van der Waals surface area (Å²) in [7, 11) is 0. The molecule has 3 rings (SSSR count). The van der Waals surface area contributed by atoms with Gasteiger partial charge < -0.3 is 10.6 Å². The van der Waals surface area contributed by atoms with Crippen molar-refractivity contribution >= 4 is 42.1 Å². The van der Waals surface area contributed by atoms with Crippen LogP contribution in [0.4, 0.5) is 0 Å². The van der Waals surface area contributed by atoms with E-state index < -0.39 is 0 Å². The zero-order valence-electron chi connectivity index (χ0n) is 10.6. The van der Waals surface area contributed by atoms with Crippen molar-refractivity contribution in [3.8, 4) is 0 Å². The maximum absolute atomic E-state index is 11.8. The number of thiazole rings is 1. The fraction of sp³-hybridized carbons (Fsp3) is 0.667. The molecule has 2 aliphatic rings. The van der Waals surface area contributed by atoms with E-state index in [9.17, 15) is 4.79 Å². The summed E-state index contributed by atoms with van der Waals surface area (Å²) < 4.78 is 0. The summed E-state index contributed by atoms with van der Waals surface area (Å²) in [5, 5.41) is 9.32. The highest BCUT2D eigenvalue weighted by Crippen LogP contribution is 2.40. The number of nitrogens with one attached hydrogen (secondary N) is 2. The minimum atomic E-state index is 0. The smallest absolute Gasteiger partial charge is 0.237 e. The van der Waals surface area contributed by atoms with E-state index in [-0.39, 0.29) is 36.8 Å². The molecule has 1 unspecified atom stereocenters. The third kappa shape index (κ3) is 4.31. The predicted octanol–water partition coefficient (Wildman–Crippen LogP) is 2.23. The lowest BCUT2D eigenvalue weighted by Crippen LogP contribution is -2.39. The van der Waals surface area contributed by atoms with E-state index in [4.69, 9.17) is 0 Å². The SMILES string of the molecule is Cl.Cl.O=C(NCc1nc(C2CC2)cs1)C1CCCN1. The van der Waals surface area contributed by atoms with Gasteiger partial charge in [-0.1, -0.05) is 0 Å². The Kier molecular flexibility index (Phi) is 6.53. The van der Waals surface area contributed by atoms with Crippen LogP contribution in [0.25, 0.3) is 0 Å². The monoisotopic (exact) mass is 323 g/mol. The van der Waals surface area contributed by atoms with Crippen LogP contribution in [-0.2, 0) is 11.3 Å². The van der Waals surface area contributed by atoms with Crippen LogP contribution in [0, 0.1) is 0 Å². The summed E-state index contributed by atoms with van der Waals surface area (Å²) in [5.74, 6) is 0.817. The molecule has 19 heavy (non-hydrogen) atoms. The molecule has 7 heteroatoms. The quantitative estimate of drug-likeness (QED) is 0.893. The van der Waals surface area contributed by atoms with Gasteiger partial charge in [-0.2, -0.15) is 0 Å². The van der Waals surface area contributed by atoms with Crippen LogP contribution in [0.1, 0.15) is 42.3 Å². The van der Waals surface area contributed by atoms with Crippen molar-refractivity contribution in [3.05, 3.63) is 16.1 Å². The van der Waals surface area contributed by atoms with Crippen molar-refractivity contribution in [1.29, 1.82) is 0 Å². The second-order valence-electron chi connectivity index (χ2n) is 4.81. The Morgan fingerprint density at radius 2 is 2.21 bits per heavy atom. The highest BCUT2D eigenvalue weighted by atomic mass is 35.5. The predicted molar refractivity (Wildman–Crippen MR) is 81.5 cm³/mol. The molecule has 0 bridgehead atoms. The second-order valence-corrected chi connectivity index (χ2v) is 5.75. The first kappa shape index (κ1) is 16.7. The van der Waals surface area contributed by atoms with Gasteiger partial charge in [-0.15, -0.1) is 36.2 Å². The molecule has 1 amide bonds. The van der Waals surface area contributed by atoms with Crippen molar-refractivity contribution in [2.24, 2.45) is 0 Å². The van der Waals surface area contributed by atoms with E-state index in [1.807, 2.05) is 0 Å². The van der Waals surface area contributed by atoms with Crippen LogP contribution >= 0.6 is 36.2 Å². The highest BCUT2D eigenvalue weighted by Gasteiger charge is 2.26. The number of halogens is 2. The number of carbonyl (C=O) groups is 1. The van der Waals surface area contributed by atoms with Crippen molar-refractivity contribution in [2.75, 3.05) is 6.54 Å². The standard InChI is InChI=1S/C12H17N3OS.2ClH/c16-12(9-2-1-5-13-9)14-6-11-15-10(7-17-11)8-3-4-8;;/h7-9,13H,1-6H2,(H,14,16);2*1H. The molecule has 1 aromatic heterocycles. The van der Waals surface area contributed by atoms with E-state index in [1.54, 1.807) is 11.3 Å². The highest BCUT2D eigenvalue weighted by molar-refractivity contribution is 7.09. The van der Waals surface area contributed by atoms with Crippen LogP contribution in [0.15, 0.2) is 5.38 Å². The Morgan fingerprint density at radius 1 is 1.42 bits per heavy atom. The summed E-state index contributed by atoms with van der Waals surface area (Å²) in [6.07, 6.45) is 4.61. The van der Waals surface area contributed by atoms with Crippen molar-refractivity contribution in [2.45, 2.75) is 44.2 Å².